The van der Waals surface area contributed by atoms with E-state index in [2.05, 4.69) is 15.5 Å². The Bertz CT molecular complexity index is 912. The fraction of sp³-hybridized carbons (Fsp3) is 0.286. The molecule has 0 aliphatic heterocycles. The molecule has 9 heteroatoms. The molecule has 7 nitrogen and oxygen atoms in total. The summed E-state index contributed by atoms with van der Waals surface area (Å²) in [4.78, 5) is 28.5. The molecule has 23 heavy (non-hydrogen) atoms. The van der Waals surface area contributed by atoms with Crippen LogP contribution in [0.2, 0.25) is 0 Å². The maximum absolute atomic E-state index is 12.2. The molecule has 0 saturated carbocycles. The van der Waals surface area contributed by atoms with Gasteiger partial charge in [-0.2, -0.15) is 0 Å². The van der Waals surface area contributed by atoms with Crippen LogP contribution in [0.15, 0.2) is 32.0 Å². The smallest absolute Gasteiger partial charge is 0.271 e. The van der Waals surface area contributed by atoms with Crippen molar-refractivity contribution in [3.8, 4) is 0 Å². The van der Waals surface area contributed by atoms with Crippen molar-refractivity contribution in [1.29, 1.82) is 0 Å². The van der Waals surface area contributed by atoms with E-state index in [-0.39, 0.29) is 17.9 Å². The lowest BCUT2D eigenvalue weighted by Crippen LogP contribution is -2.19. The summed E-state index contributed by atoms with van der Waals surface area (Å²) in [5.74, 6) is 1.39. The van der Waals surface area contributed by atoms with Gasteiger partial charge in [-0.15, -0.1) is 11.3 Å². The number of anilines is 1. The first-order valence-corrected chi connectivity index (χ1v) is 8.71. The zero-order valence-corrected chi connectivity index (χ0v) is 14.2. The molecule has 3 aromatic rings. The zero-order chi connectivity index (χ0) is 16.4. The first-order chi connectivity index (χ1) is 11.0. The summed E-state index contributed by atoms with van der Waals surface area (Å²) in [5.41, 5.74) is 0.637. The molecule has 3 rings (SSSR count). The second kappa shape index (κ2) is 6.55. The van der Waals surface area contributed by atoms with Gasteiger partial charge in [-0.1, -0.05) is 16.9 Å². The molecule has 1 amide bonds. The molecular weight excluding hydrogens is 336 g/mol. The van der Waals surface area contributed by atoms with E-state index in [0.29, 0.717) is 32.7 Å². The molecular formula is C14H14N4O3S2. The van der Waals surface area contributed by atoms with Crippen LogP contribution in [-0.4, -0.2) is 26.4 Å². The van der Waals surface area contributed by atoms with E-state index in [4.69, 9.17) is 4.52 Å². The molecule has 0 atom stereocenters. The average Bonchev–Trinajstić information content (AvgIpc) is 3.13. The van der Waals surface area contributed by atoms with Gasteiger partial charge in [0.15, 0.2) is 11.0 Å². The molecule has 0 aliphatic carbocycles. The van der Waals surface area contributed by atoms with Crippen LogP contribution in [-0.2, 0) is 11.8 Å². The number of aromatic nitrogens is 3. The summed E-state index contributed by atoms with van der Waals surface area (Å²) >= 11 is 2.76. The second-order valence-electron chi connectivity index (χ2n) is 4.86. The quantitative estimate of drug-likeness (QED) is 0.561. The number of thioether (sulfide) groups is 1. The number of hydrogen-bond acceptors (Lipinski definition) is 7. The van der Waals surface area contributed by atoms with Gasteiger partial charge in [0.25, 0.3) is 5.56 Å². The summed E-state index contributed by atoms with van der Waals surface area (Å²) < 4.78 is 7.05. The van der Waals surface area contributed by atoms with E-state index in [0.717, 1.165) is 0 Å². The van der Waals surface area contributed by atoms with Gasteiger partial charge in [-0.05, 0) is 18.4 Å². The molecule has 120 valence electrons. The number of rotatable bonds is 5. The maximum atomic E-state index is 12.2. The Morgan fingerprint density at radius 3 is 3.09 bits per heavy atom. The highest BCUT2D eigenvalue weighted by Gasteiger charge is 2.11. The lowest BCUT2D eigenvalue weighted by atomic mass is 10.4. The number of thiophene rings is 1. The Labute approximate surface area is 139 Å². The van der Waals surface area contributed by atoms with Crippen LogP contribution in [0.25, 0.3) is 10.2 Å². The summed E-state index contributed by atoms with van der Waals surface area (Å²) in [7, 11) is 1.69. The largest absolute Gasteiger partial charge is 0.360 e. The summed E-state index contributed by atoms with van der Waals surface area (Å²) in [6.07, 6.45) is 0.286. The molecule has 0 aromatic carbocycles. The van der Waals surface area contributed by atoms with E-state index < -0.39 is 0 Å². The third-order valence-electron chi connectivity index (χ3n) is 3.10. The summed E-state index contributed by atoms with van der Waals surface area (Å²) in [6.45, 7) is 1.76. The minimum absolute atomic E-state index is 0.0602. The molecule has 0 aliphatic rings. The highest BCUT2D eigenvalue weighted by molar-refractivity contribution is 7.99. The van der Waals surface area contributed by atoms with Crippen LogP contribution in [0, 0.1) is 6.92 Å². The molecule has 0 unspecified atom stereocenters. The van der Waals surface area contributed by atoms with Gasteiger partial charge in [0, 0.05) is 25.3 Å². The van der Waals surface area contributed by atoms with E-state index in [9.17, 15) is 9.59 Å². The molecule has 0 spiro atoms. The van der Waals surface area contributed by atoms with Crippen LogP contribution in [0.5, 0.6) is 0 Å². The van der Waals surface area contributed by atoms with Crippen LogP contribution < -0.4 is 10.9 Å². The number of carbonyl (C=O) groups is 1. The zero-order valence-electron chi connectivity index (χ0n) is 12.5. The van der Waals surface area contributed by atoms with Crippen molar-refractivity contribution in [2.75, 3.05) is 11.1 Å². The molecule has 0 fully saturated rings. The Morgan fingerprint density at radius 2 is 2.35 bits per heavy atom. The van der Waals surface area contributed by atoms with Crippen molar-refractivity contribution in [1.82, 2.24) is 14.7 Å². The van der Waals surface area contributed by atoms with E-state index >= 15 is 0 Å². The highest BCUT2D eigenvalue weighted by atomic mass is 32.2. The van der Waals surface area contributed by atoms with Crippen LogP contribution in [0.4, 0.5) is 5.82 Å². The van der Waals surface area contributed by atoms with E-state index in [1.54, 1.807) is 20.0 Å². The number of amides is 1. The first kappa shape index (κ1) is 15.8. The van der Waals surface area contributed by atoms with Gasteiger partial charge in [-0.25, -0.2) is 4.98 Å². The number of hydrogen-bond donors (Lipinski definition) is 1. The molecule has 1 N–H and O–H groups in total. The lowest BCUT2D eigenvalue weighted by Gasteiger charge is -2.06. The molecule has 0 radical (unpaired) electrons. The minimum atomic E-state index is -0.160. The first-order valence-electron chi connectivity index (χ1n) is 6.85. The van der Waals surface area contributed by atoms with Crippen molar-refractivity contribution in [2.45, 2.75) is 18.5 Å². The Balaban J connectivity index is 1.61. The van der Waals surface area contributed by atoms with Crippen molar-refractivity contribution in [3.05, 3.63) is 33.6 Å². The maximum Gasteiger partial charge on any atom is 0.271 e. The van der Waals surface area contributed by atoms with Crippen molar-refractivity contribution in [2.24, 2.45) is 7.05 Å². The van der Waals surface area contributed by atoms with E-state index in [1.807, 2.05) is 11.4 Å². The predicted octanol–water partition coefficient (Wildman–Crippen LogP) is 2.41. The van der Waals surface area contributed by atoms with Crippen molar-refractivity contribution >= 4 is 45.0 Å². The lowest BCUT2D eigenvalue weighted by molar-refractivity contribution is -0.115. The molecule has 3 aromatic heterocycles. The van der Waals surface area contributed by atoms with Crippen LogP contribution in [0.1, 0.15) is 12.2 Å². The number of aryl methyl sites for hydroxylation is 1. The third-order valence-corrected chi connectivity index (χ3v) is 5.03. The van der Waals surface area contributed by atoms with Crippen molar-refractivity contribution in [3.63, 3.8) is 0 Å². The fourth-order valence-corrected chi connectivity index (χ4v) is 3.68. The number of nitrogens with one attached hydrogen (secondary N) is 1. The number of carbonyl (C=O) groups excluding carboxylic acids is 1. The average molecular weight is 350 g/mol. The standard InChI is InChI=1S/C14H14N4O3S2/c1-8-7-10(17-21-8)16-11(19)4-6-23-14-15-9-3-5-22-12(9)13(20)18(14)2/h3,5,7H,4,6H2,1-2H3,(H,16,17,19). The fourth-order valence-electron chi connectivity index (χ4n) is 1.96. The SMILES string of the molecule is Cc1cc(NC(=O)CCSc2nc3ccsc3c(=O)n2C)no1. The monoisotopic (exact) mass is 350 g/mol. The third kappa shape index (κ3) is 3.45. The van der Waals surface area contributed by atoms with Crippen molar-refractivity contribution < 1.29 is 9.32 Å². The summed E-state index contributed by atoms with van der Waals surface area (Å²) in [5, 5.41) is 8.81. The number of nitrogens with zero attached hydrogens (tertiary/aromatic N) is 3. The predicted molar refractivity (Wildman–Crippen MR) is 90.1 cm³/mol. The van der Waals surface area contributed by atoms with Gasteiger partial charge in [-0.3, -0.25) is 14.2 Å². The molecule has 3 heterocycles. The van der Waals surface area contributed by atoms with Gasteiger partial charge >= 0.3 is 0 Å². The second-order valence-corrected chi connectivity index (χ2v) is 6.84. The summed E-state index contributed by atoms with van der Waals surface area (Å²) in [6, 6.07) is 3.48. The topological polar surface area (TPSA) is 90.0 Å². The van der Waals surface area contributed by atoms with Gasteiger partial charge in [0.05, 0.1) is 5.52 Å². The van der Waals surface area contributed by atoms with Gasteiger partial charge < -0.3 is 9.84 Å². The highest BCUT2D eigenvalue weighted by Crippen LogP contribution is 2.20. The normalized spacial score (nSPS) is 11.0. The van der Waals surface area contributed by atoms with Crippen LogP contribution in [0.3, 0.4) is 0 Å². The Kier molecular flexibility index (Phi) is 4.49. The molecule has 0 saturated heterocycles. The van der Waals surface area contributed by atoms with E-state index in [1.165, 1.54) is 27.7 Å². The minimum Gasteiger partial charge on any atom is -0.360 e. The van der Waals surface area contributed by atoms with Crippen LogP contribution >= 0.6 is 23.1 Å². The van der Waals surface area contributed by atoms with Gasteiger partial charge in [0.2, 0.25) is 5.91 Å². The number of fused-ring (bicyclic) bond motifs is 1. The molecule has 0 bridgehead atoms. The Morgan fingerprint density at radius 1 is 1.52 bits per heavy atom. The Hall–Kier alpha value is -2.13. The van der Waals surface area contributed by atoms with Gasteiger partial charge in [0.1, 0.15) is 10.5 Å².